The third kappa shape index (κ3) is 4.03. The number of nitrogens with two attached hydrogens (primary N) is 1. The average molecular weight is 336 g/mol. The van der Waals surface area contributed by atoms with Gasteiger partial charge in [0.1, 0.15) is 11.5 Å². The molecule has 0 saturated carbocycles. The van der Waals surface area contributed by atoms with Gasteiger partial charge in [0.2, 0.25) is 5.95 Å². The summed E-state index contributed by atoms with van der Waals surface area (Å²) in [6.45, 7) is 7.96. The van der Waals surface area contributed by atoms with Gasteiger partial charge < -0.3 is 15.2 Å². The van der Waals surface area contributed by atoms with Gasteiger partial charge in [-0.15, -0.1) is 4.98 Å². The molecule has 3 aromatic rings. The molecule has 128 valence electrons. The van der Waals surface area contributed by atoms with Crippen molar-refractivity contribution in [2.75, 3.05) is 5.73 Å². The van der Waals surface area contributed by atoms with Gasteiger partial charge in [-0.05, 0) is 51.0 Å². The summed E-state index contributed by atoms with van der Waals surface area (Å²) in [6, 6.07) is 11.9. The highest BCUT2D eigenvalue weighted by Gasteiger charge is 2.11. The predicted octanol–water partition coefficient (Wildman–Crippen LogP) is 4.27. The molecule has 0 spiro atoms. The first kappa shape index (κ1) is 16.7. The van der Waals surface area contributed by atoms with Crippen LogP contribution in [0, 0.1) is 27.7 Å². The minimum atomic E-state index is 0.0366. The van der Waals surface area contributed by atoms with Crippen LogP contribution in [-0.4, -0.2) is 15.0 Å². The number of nitrogens with zero attached hydrogens (tertiary/aromatic N) is 3. The first-order chi connectivity index (χ1) is 11.9. The third-order valence-corrected chi connectivity index (χ3v) is 3.68. The summed E-state index contributed by atoms with van der Waals surface area (Å²) in [5, 5.41) is 0. The molecule has 6 nitrogen and oxygen atoms in total. The van der Waals surface area contributed by atoms with Crippen LogP contribution in [0.3, 0.4) is 0 Å². The average Bonchev–Trinajstić information content (AvgIpc) is 2.52. The maximum Gasteiger partial charge on any atom is 0.330 e. The van der Waals surface area contributed by atoms with Crippen molar-refractivity contribution in [1.82, 2.24) is 15.0 Å². The van der Waals surface area contributed by atoms with Crippen molar-refractivity contribution in [2.45, 2.75) is 27.7 Å². The first-order valence-electron chi connectivity index (χ1n) is 7.92. The number of benzene rings is 2. The summed E-state index contributed by atoms with van der Waals surface area (Å²) in [5.74, 6) is 1.36. The van der Waals surface area contributed by atoms with Gasteiger partial charge >= 0.3 is 12.0 Å². The molecule has 0 radical (unpaired) electrons. The predicted molar refractivity (Wildman–Crippen MR) is 96.2 cm³/mol. The lowest BCUT2D eigenvalue weighted by Gasteiger charge is -2.10. The van der Waals surface area contributed by atoms with Crippen LogP contribution in [0.25, 0.3) is 0 Å². The third-order valence-electron chi connectivity index (χ3n) is 3.68. The highest BCUT2D eigenvalue weighted by atomic mass is 16.5. The van der Waals surface area contributed by atoms with Crippen LogP contribution in [-0.2, 0) is 0 Å². The van der Waals surface area contributed by atoms with E-state index in [2.05, 4.69) is 15.0 Å². The molecule has 6 heteroatoms. The molecule has 1 heterocycles. The van der Waals surface area contributed by atoms with E-state index in [9.17, 15) is 0 Å². The first-order valence-corrected chi connectivity index (χ1v) is 7.92. The summed E-state index contributed by atoms with van der Waals surface area (Å²) in [5.41, 5.74) is 10.0. The number of anilines is 1. The van der Waals surface area contributed by atoms with Crippen molar-refractivity contribution < 1.29 is 9.47 Å². The molecule has 2 aromatic carbocycles. The quantitative estimate of drug-likeness (QED) is 0.766. The van der Waals surface area contributed by atoms with Gasteiger partial charge in [0, 0.05) is 0 Å². The topological polar surface area (TPSA) is 83.2 Å². The second-order valence-corrected chi connectivity index (χ2v) is 6.00. The number of ether oxygens (including phenoxy) is 2. The zero-order chi connectivity index (χ0) is 18.0. The highest BCUT2D eigenvalue weighted by Crippen LogP contribution is 2.27. The number of aryl methyl sites for hydroxylation is 4. The Hall–Kier alpha value is -3.15. The van der Waals surface area contributed by atoms with E-state index in [4.69, 9.17) is 15.2 Å². The van der Waals surface area contributed by atoms with Crippen LogP contribution in [0.5, 0.6) is 23.5 Å². The van der Waals surface area contributed by atoms with E-state index in [1.54, 1.807) is 0 Å². The Morgan fingerprint density at radius 1 is 0.680 bits per heavy atom. The van der Waals surface area contributed by atoms with Crippen molar-refractivity contribution in [2.24, 2.45) is 0 Å². The molecule has 0 atom stereocenters. The van der Waals surface area contributed by atoms with Crippen LogP contribution < -0.4 is 15.2 Å². The fraction of sp³-hybridized carbons (Fsp3) is 0.211. The lowest BCUT2D eigenvalue weighted by Crippen LogP contribution is -2.03. The van der Waals surface area contributed by atoms with Crippen molar-refractivity contribution >= 4 is 5.95 Å². The van der Waals surface area contributed by atoms with Gasteiger partial charge in [0.15, 0.2) is 0 Å². The number of rotatable bonds is 4. The molecule has 2 N–H and O–H groups in total. The van der Waals surface area contributed by atoms with Crippen LogP contribution in [0.1, 0.15) is 22.3 Å². The molecule has 0 unspecified atom stereocenters. The van der Waals surface area contributed by atoms with E-state index >= 15 is 0 Å². The molecule has 25 heavy (non-hydrogen) atoms. The number of nitrogen functional groups attached to an aromatic ring is 1. The van der Waals surface area contributed by atoms with Gasteiger partial charge in [0.25, 0.3) is 0 Å². The van der Waals surface area contributed by atoms with E-state index < -0.39 is 0 Å². The van der Waals surface area contributed by atoms with Crippen LogP contribution in [0.15, 0.2) is 36.4 Å². The Bertz CT molecular complexity index is 854. The van der Waals surface area contributed by atoms with Gasteiger partial charge in [0.05, 0.1) is 0 Å². The molecule has 0 saturated heterocycles. The second-order valence-electron chi connectivity index (χ2n) is 6.00. The molecule has 0 aliphatic carbocycles. The molecule has 0 fully saturated rings. The van der Waals surface area contributed by atoms with Gasteiger partial charge in [-0.2, -0.15) is 9.97 Å². The normalized spacial score (nSPS) is 10.6. The smallest absolute Gasteiger partial charge is 0.330 e. The zero-order valence-corrected chi connectivity index (χ0v) is 14.7. The molecular weight excluding hydrogens is 316 g/mol. The van der Waals surface area contributed by atoms with Crippen molar-refractivity contribution in [3.63, 3.8) is 0 Å². The SMILES string of the molecule is Cc1ccc(Oc2nc(N)nc(Oc3ccc(C)cc3C)n2)c(C)c1. The molecule has 0 amide bonds. The molecular formula is C19H20N4O2. The summed E-state index contributed by atoms with van der Waals surface area (Å²) in [4.78, 5) is 12.3. The Balaban J connectivity index is 1.87. The van der Waals surface area contributed by atoms with E-state index in [1.807, 2.05) is 64.1 Å². The van der Waals surface area contributed by atoms with Crippen molar-refractivity contribution in [3.8, 4) is 23.5 Å². The van der Waals surface area contributed by atoms with Crippen molar-refractivity contribution in [1.29, 1.82) is 0 Å². The fourth-order valence-electron chi connectivity index (χ4n) is 2.47. The van der Waals surface area contributed by atoms with E-state index in [1.165, 1.54) is 0 Å². The van der Waals surface area contributed by atoms with Gasteiger partial charge in [-0.1, -0.05) is 35.4 Å². The molecule has 0 aliphatic heterocycles. The molecule has 0 aliphatic rings. The van der Waals surface area contributed by atoms with Crippen LogP contribution >= 0.6 is 0 Å². The zero-order valence-electron chi connectivity index (χ0n) is 14.7. The van der Waals surface area contributed by atoms with Gasteiger partial charge in [-0.3, -0.25) is 0 Å². The highest BCUT2D eigenvalue weighted by molar-refractivity contribution is 5.39. The second kappa shape index (κ2) is 6.76. The standard InChI is InChI=1S/C19H20N4O2/c1-11-5-7-15(13(3)9-11)24-18-21-17(20)22-19(23-18)25-16-8-6-12(2)10-14(16)4/h5-10H,1-4H3,(H2,20,21,22,23). The molecule has 1 aromatic heterocycles. The Labute approximate surface area is 146 Å². The lowest BCUT2D eigenvalue weighted by atomic mass is 10.1. The number of hydrogen-bond acceptors (Lipinski definition) is 6. The minimum Gasteiger partial charge on any atom is -0.424 e. The number of aromatic nitrogens is 3. The molecule has 0 bridgehead atoms. The summed E-state index contributed by atoms with van der Waals surface area (Å²) in [6.07, 6.45) is 0. The van der Waals surface area contributed by atoms with Crippen molar-refractivity contribution in [3.05, 3.63) is 58.7 Å². The van der Waals surface area contributed by atoms with E-state index in [-0.39, 0.29) is 18.0 Å². The number of hydrogen-bond donors (Lipinski definition) is 1. The Morgan fingerprint density at radius 3 is 1.52 bits per heavy atom. The largest absolute Gasteiger partial charge is 0.424 e. The Morgan fingerprint density at radius 2 is 1.12 bits per heavy atom. The molecule has 3 rings (SSSR count). The van der Waals surface area contributed by atoms with E-state index in [0.717, 1.165) is 22.3 Å². The lowest BCUT2D eigenvalue weighted by molar-refractivity contribution is 0.396. The minimum absolute atomic E-state index is 0.0366. The van der Waals surface area contributed by atoms with Crippen LogP contribution in [0.2, 0.25) is 0 Å². The maximum atomic E-state index is 5.77. The van der Waals surface area contributed by atoms with Gasteiger partial charge in [-0.25, -0.2) is 0 Å². The fourth-order valence-corrected chi connectivity index (χ4v) is 2.47. The summed E-state index contributed by atoms with van der Waals surface area (Å²) >= 11 is 0. The van der Waals surface area contributed by atoms with E-state index in [0.29, 0.717) is 11.5 Å². The monoisotopic (exact) mass is 336 g/mol. The van der Waals surface area contributed by atoms with Crippen LogP contribution in [0.4, 0.5) is 5.95 Å². The summed E-state index contributed by atoms with van der Waals surface area (Å²) in [7, 11) is 0. The maximum absolute atomic E-state index is 5.77. The Kier molecular flexibility index (Phi) is 4.52. The summed E-state index contributed by atoms with van der Waals surface area (Å²) < 4.78 is 11.5.